The van der Waals surface area contributed by atoms with E-state index in [1.54, 1.807) is 0 Å². The number of hydrogen-bond acceptors (Lipinski definition) is 10. The van der Waals surface area contributed by atoms with Crippen LogP contribution in [0.4, 0.5) is 0 Å². The Morgan fingerprint density at radius 3 is 2.13 bits per heavy atom. The third kappa shape index (κ3) is 6.98. The highest BCUT2D eigenvalue weighted by molar-refractivity contribution is 7.15. The molecular weight excluding hydrogens is 338 g/mol. The van der Waals surface area contributed by atoms with Crippen LogP contribution in [0.2, 0.25) is 0 Å². The average molecular weight is 349 g/mol. The molecule has 13 nitrogen and oxygen atoms in total. The lowest BCUT2D eigenvalue weighted by Gasteiger charge is -2.02. The quantitative estimate of drug-likeness (QED) is 0.305. The van der Waals surface area contributed by atoms with Crippen LogP contribution >= 0.6 is 11.3 Å². The van der Waals surface area contributed by atoms with E-state index in [-0.39, 0.29) is 36.2 Å². The van der Waals surface area contributed by atoms with Crippen LogP contribution in [-0.2, 0) is 9.68 Å². The van der Waals surface area contributed by atoms with Crippen molar-refractivity contribution in [1.82, 2.24) is 15.6 Å². The number of carbonyl (C=O) groups excluding carboxylic acids is 2. The summed E-state index contributed by atoms with van der Waals surface area (Å²) in [6.07, 6.45) is 1.16. The number of aromatic nitrogens is 1. The van der Waals surface area contributed by atoms with Crippen LogP contribution in [0.5, 0.6) is 0 Å². The van der Waals surface area contributed by atoms with Crippen molar-refractivity contribution in [2.75, 3.05) is 26.3 Å². The number of amides is 2. The Morgan fingerprint density at radius 1 is 1.09 bits per heavy atom. The number of nitrogens with one attached hydrogen (secondary N) is 2. The van der Waals surface area contributed by atoms with Gasteiger partial charge in [0.25, 0.3) is 22.0 Å². The highest BCUT2D eigenvalue weighted by Crippen LogP contribution is 2.12. The van der Waals surface area contributed by atoms with E-state index in [4.69, 9.17) is 0 Å². The van der Waals surface area contributed by atoms with E-state index in [1.165, 1.54) is 0 Å². The largest absolute Gasteiger partial charge is 0.349 e. The SMILES string of the molecule is O=C(NCCO[N+](=O)[O-])c1cnc(C(=O)NCCO[N+](=O)[O-])s1. The van der Waals surface area contributed by atoms with Crippen LogP contribution in [0.25, 0.3) is 0 Å². The molecule has 0 saturated carbocycles. The summed E-state index contributed by atoms with van der Waals surface area (Å²) in [5, 5.41) is 22.5. The predicted octanol–water partition coefficient (Wildman–Crippen LogP) is -0.981. The molecule has 0 unspecified atom stereocenters. The molecule has 0 aliphatic rings. The Morgan fingerprint density at radius 2 is 1.61 bits per heavy atom. The summed E-state index contributed by atoms with van der Waals surface area (Å²) in [5.41, 5.74) is 0. The Labute approximate surface area is 131 Å². The molecule has 1 aromatic heterocycles. The number of rotatable bonds is 10. The van der Waals surface area contributed by atoms with Crippen molar-refractivity contribution in [2.24, 2.45) is 0 Å². The van der Waals surface area contributed by atoms with Crippen LogP contribution in [-0.4, -0.2) is 53.3 Å². The van der Waals surface area contributed by atoms with E-state index in [2.05, 4.69) is 25.3 Å². The summed E-state index contributed by atoms with van der Waals surface area (Å²) in [6.45, 7) is -0.800. The second-order valence-corrected chi connectivity index (χ2v) is 4.69. The summed E-state index contributed by atoms with van der Waals surface area (Å²) in [5.74, 6) is -1.18. The van der Waals surface area contributed by atoms with Crippen LogP contribution in [0, 0.1) is 20.2 Å². The number of hydrogen-bond donors (Lipinski definition) is 2. The van der Waals surface area contributed by atoms with Gasteiger partial charge in [-0.05, 0) is 0 Å². The average Bonchev–Trinajstić information content (AvgIpc) is 2.97. The third-order valence-electron chi connectivity index (χ3n) is 2.09. The second-order valence-electron chi connectivity index (χ2n) is 3.66. The molecule has 2 amide bonds. The minimum Gasteiger partial charge on any atom is -0.349 e. The minimum atomic E-state index is -0.985. The smallest absolute Gasteiger partial charge is 0.294 e. The van der Waals surface area contributed by atoms with Gasteiger partial charge in [-0.25, -0.2) is 4.98 Å². The molecule has 23 heavy (non-hydrogen) atoms. The fraction of sp³-hybridized carbons (Fsp3) is 0.444. The van der Waals surface area contributed by atoms with Gasteiger partial charge in [0.2, 0.25) is 0 Å². The minimum absolute atomic E-state index is 0.0159. The standard InChI is InChI=1S/C9H11N5O8S/c15-7(10-1-3-21-13(17)18)6-5-12-9(23-6)8(16)11-2-4-22-14(19)20/h5H,1-4H2,(H,10,15)(H,11,16). The van der Waals surface area contributed by atoms with Crippen molar-refractivity contribution in [3.05, 3.63) is 36.3 Å². The molecule has 0 fully saturated rings. The van der Waals surface area contributed by atoms with Crippen LogP contribution in [0.15, 0.2) is 6.20 Å². The first kappa shape index (κ1) is 18.0. The Balaban J connectivity index is 2.37. The molecule has 2 N–H and O–H groups in total. The molecule has 14 heteroatoms. The van der Waals surface area contributed by atoms with Gasteiger partial charge < -0.3 is 20.3 Å². The van der Waals surface area contributed by atoms with Gasteiger partial charge in [0.15, 0.2) is 5.01 Å². The van der Waals surface area contributed by atoms with Crippen molar-refractivity contribution >= 4 is 23.2 Å². The van der Waals surface area contributed by atoms with Gasteiger partial charge in [0.1, 0.15) is 18.1 Å². The fourth-order valence-corrected chi connectivity index (χ4v) is 1.97. The Kier molecular flexibility index (Phi) is 7.12. The van der Waals surface area contributed by atoms with Crippen LogP contribution in [0.3, 0.4) is 0 Å². The van der Waals surface area contributed by atoms with E-state index < -0.39 is 22.0 Å². The fourth-order valence-electron chi connectivity index (χ4n) is 1.22. The molecule has 0 aromatic carbocycles. The van der Waals surface area contributed by atoms with E-state index in [1.807, 2.05) is 0 Å². The summed E-state index contributed by atoms with van der Waals surface area (Å²) < 4.78 is 0. The normalized spacial score (nSPS) is 9.74. The van der Waals surface area contributed by atoms with Crippen LogP contribution < -0.4 is 10.6 Å². The molecule has 0 spiro atoms. The molecule has 0 saturated heterocycles. The van der Waals surface area contributed by atoms with E-state index >= 15 is 0 Å². The monoisotopic (exact) mass is 349 g/mol. The molecule has 0 aliphatic heterocycles. The van der Waals surface area contributed by atoms with E-state index in [0.717, 1.165) is 17.5 Å². The maximum Gasteiger partial charge on any atom is 0.294 e. The highest BCUT2D eigenvalue weighted by Gasteiger charge is 2.15. The van der Waals surface area contributed by atoms with Gasteiger partial charge in [-0.1, -0.05) is 0 Å². The summed E-state index contributed by atoms with van der Waals surface area (Å²) in [6, 6.07) is 0. The lowest BCUT2D eigenvalue weighted by Crippen LogP contribution is -2.28. The van der Waals surface area contributed by atoms with Crippen molar-refractivity contribution < 1.29 is 29.4 Å². The molecule has 0 aliphatic carbocycles. The molecule has 1 aromatic rings. The predicted molar refractivity (Wildman–Crippen MR) is 72.7 cm³/mol. The van der Waals surface area contributed by atoms with Crippen molar-refractivity contribution in [3.63, 3.8) is 0 Å². The first-order chi connectivity index (χ1) is 10.9. The lowest BCUT2D eigenvalue weighted by atomic mass is 10.5. The maximum atomic E-state index is 11.7. The van der Waals surface area contributed by atoms with E-state index in [0.29, 0.717) is 0 Å². The lowest BCUT2D eigenvalue weighted by molar-refractivity contribution is -0.757. The first-order valence-electron chi connectivity index (χ1n) is 5.97. The molecule has 1 rings (SSSR count). The number of nitrogens with zero attached hydrogens (tertiary/aromatic N) is 3. The molecule has 0 atom stereocenters. The Hall–Kier alpha value is -3.03. The molecule has 0 radical (unpaired) electrons. The summed E-state index contributed by atoms with van der Waals surface area (Å²) in [7, 11) is 0. The van der Waals surface area contributed by atoms with Crippen molar-refractivity contribution in [1.29, 1.82) is 0 Å². The summed E-state index contributed by atoms with van der Waals surface area (Å²) in [4.78, 5) is 55.0. The first-order valence-corrected chi connectivity index (χ1v) is 6.78. The van der Waals surface area contributed by atoms with Crippen LogP contribution in [0.1, 0.15) is 19.5 Å². The van der Waals surface area contributed by atoms with Crippen molar-refractivity contribution in [2.45, 2.75) is 0 Å². The number of carbonyl (C=O) groups is 2. The maximum absolute atomic E-state index is 11.7. The molecule has 126 valence electrons. The molecular formula is C9H11N5O8S. The topological polar surface area (TPSA) is 176 Å². The third-order valence-corrected chi connectivity index (χ3v) is 3.09. The van der Waals surface area contributed by atoms with Gasteiger partial charge in [-0.2, -0.15) is 0 Å². The van der Waals surface area contributed by atoms with Crippen molar-refractivity contribution in [3.8, 4) is 0 Å². The van der Waals surface area contributed by atoms with Gasteiger partial charge >= 0.3 is 0 Å². The van der Waals surface area contributed by atoms with Gasteiger partial charge in [0, 0.05) is 13.1 Å². The van der Waals surface area contributed by atoms with E-state index in [9.17, 15) is 29.8 Å². The zero-order chi connectivity index (χ0) is 17.2. The zero-order valence-corrected chi connectivity index (χ0v) is 12.2. The van der Waals surface area contributed by atoms with Gasteiger partial charge in [0.05, 0.1) is 6.20 Å². The van der Waals surface area contributed by atoms with Gasteiger partial charge in [-0.15, -0.1) is 31.6 Å². The molecule has 1 heterocycles. The highest BCUT2D eigenvalue weighted by atomic mass is 32.1. The number of thiazole rings is 1. The van der Waals surface area contributed by atoms with Gasteiger partial charge in [-0.3, -0.25) is 9.59 Å². The second kappa shape index (κ2) is 9.08. The summed E-state index contributed by atoms with van der Waals surface area (Å²) >= 11 is 0.793. The zero-order valence-electron chi connectivity index (χ0n) is 11.4. The Bertz CT molecular complexity index is 542. The molecule has 0 bridgehead atoms.